The molecule has 1 unspecified atom stereocenters. The van der Waals surface area contributed by atoms with Gasteiger partial charge < -0.3 is 15.3 Å². The lowest BCUT2D eigenvalue weighted by Gasteiger charge is -2.42. The summed E-state index contributed by atoms with van der Waals surface area (Å²) in [5.41, 5.74) is 1.55. The molecular weight excluding hydrogens is 264 g/mol. The highest BCUT2D eigenvalue weighted by Gasteiger charge is 2.37. The fourth-order valence-electron chi connectivity index (χ4n) is 3.00. The van der Waals surface area contributed by atoms with Gasteiger partial charge in [-0.2, -0.15) is 0 Å². The van der Waals surface area contributed by atoms with Gasteiger partial charge in [0.25, 0.3) is 0 Å². The second-order valence-corrected chi connectivity index (χ2v) is 6.40. The quantitative estimate of drug-likeness (QED) is 0.845. The fourth-order valence-corrected chi connectivity index (χ4v) is 3.00. The zero-order valence-corrected chi connectivity index (χ0v) is 13.0. The van der Waals surface area contributed by atoms with Crippen LogP contribution in [-0.2, 0) is 6.42 Å². The van der Waals surface area contributed by atoms with Crippen LogP contribution in [0, 0.1) is 5.41 Å². The third-order valence-corrected chi connectivity index (χ3v) is 4.34. The van der Waals surface area contributed by atoms with Crippen LogP contribution < -0.4 is 5.32 Å². The Morgan fingerprint density at radius 3 is 2.57 bits per heavy atom. The molecule has 1 aliphatic carbocycles. The largest absolute Gasteiger partial charge is 0.392 e. The molecule has 0 aromatic heterocycles. The second-order valence-electron chi connectivity index (χ2n) is 6.40. The number of aliphatic hydroxyl groups is 1. The zero-order valence-electron chi connectivity index (χ0n) is 13.0. The third kappa shape index (κ3) is 4.46. The minimum Gasteiger partial charge on any atom is -0.392 e. The van der Waals surface area contributed by atoms with E-state index in [-0.39, 0.29) is 11.4 Å². The molecule has 1 aromatic carbocycles. The number of benzene rings is 1. The molecule has 1 saturated carbocycles. The van der Waals surface area contributed by atoms with E-state index < -0.39 is 6.10 Å². The first-order chi connectivity index (χ1) is 10.0. The average Bonchev–Trinajstić information content (AvgIpc) is 2.41. The number of rotatable bonds is 6. The van der Waals surface area contributed by atoms with Crippen LogP contribution in [0.15, 0.2) is 30.3 Å². The number of urea groups is 1. The summed E-state index contributed by atoms with van der Waals surface area (Å²) in [6, 6.07) is 10.4. The number of carbonyl (C=O) groups is 1. The monoisotopic (exact) mass is 290 g/mol. The Kier molecular flexibility index (Phi) is 5.23. The molecule has 0 spiro atoms. The van der Waals surface area contributed by atoms with Gasteiger partial charge in [-0.05, 0) is 37.2 Å². The van der Waals surface area contributed by atoms with Crippen molar-refractivity contribution in [2.75, 3.05) is 20.1 Å². The van der Waals surface area contributed by atoms with E-state index in [0.717, 1.165) is 6.42 Å². The van der Waals surface area contributed by atoms with Crippen LogP contribution in [0.5, 0.6) is 0 Å². The van der Waals surface area contributed by atoms with Gasteiger partial charge in [-0.25, -0.2) is 4.79 Å². The Morgan fingerprint density at radius 1 is 1.38 bits per heavy atom. The van der Waals surface area contributed by atoms with Gasteiger partial charge in [-0.3, -0.25) is 0 Å². The molecule has 1 fully saturated rings. The molecule has 1 aliphatic rings. The normalized spacial score (nSPS) is 17.7. The van der Waals surface area contributed by atoms with Crippen molar-refractivity contribution in [2.24, 2.45) is 5.41 Å². The van der Waals surface area contributed by atoms with E-state index in [2.05, 4.69) is 29.6 Å². The minimum absolute atomic E-state index is 0.102. The Hall–Kier alpha value is -1.55. The molecule has 0 saturated heterocycles. The summed E-state index contributed by atoms with van der Waals surface area (Å²) < 4.78 is 0. The zero-order chi connectivity index (χ0) is 15.3. The number of hydrogen-bond acceptors (Lipinski definition) is 2. The van der Waals surface area contributed by atoms with Crippen molar-refractivity contribution in [3.63, 3.8) is 0 Å². The Morgan fingerprint density at radius 2 is 2.05 bits per heavy atom. The van der Waals surface area contributed by atoms with Crippen molar-refractivity contribution in [2.45, 2.75) is 38.7 Å². The summed E-state index contributed by atoms with van der Waals surface area (Å²) in [5, 5.41) is 12.4. The van der Waals surface area contributed by atoms with E-state index in [4.69, 9.17) is 0 Å². The van der Waals surface area contributed by atoms with Gasteiger partial charge in [0, 0.05) is 20.1 Å². The van der Waals surface area contributed by atoms with Crippen molar-refractivity contribution in [3.05, 3.63) is 35.9 Å². The van der Waals surface area contributed by atoms with Crippen molar-refractivity contribution < 1.29 is 9.90 Å². The Labute approximate surface area is 127 Å². The molecular formula is C17H26N2O2. The number of nitrogens with one attached hydrogen (secondary N) is 1. The number of aliphatic hydroxyl groups excluding tert-OH is 1. The van der Waals surface area contributed by atoms with Gasteiger partial charge in [-0.15, -0.1) is 0 Å². The molecule has 21 heavy (non-hydrogen) atoms. The van der Waals surface area contributed by atoms with E-state index in [9.17, 15) is 9.90 Å². The van der Waals surface area contributed by atoms with E-state index in [1.807, 2.05) is 6.07 Å². The van der Waals surface area contributed by atoms with Crippen LogP contribution >= 0.6 is 0 Å². The molecule has 0 bridgehead atoms. The number of nitrogens with zero attached hydrogens (tertiary/aromatic N) is 1. The van der Waals surface area contributed by atoms with Gasteiger partial charge >= 0.3 is 6.03 Å². The predicted octanol–water partition coefficient (Wildman–Crippen LogP) is 2.42. The van der Waals surface area contributed by atoms with Crippen LogP contribution in [0.25, 0.3) is 0 Å². The van der Waals surface area contributed by atoms with Crippen molar-refractivity contribution >= 4 is 6.03 Å². The van der Waals surface area contributed by atoms with Crippen LogP contribution in [0.1, 0.15) is 31.7 Å². The Balaban J connectivity index is 1.86. The molecule has 4 nitrogen and oxygen atoms in total. The van der Waals surface area contributed by atoms with Gasteiger partial charge in [0.2, 0.25) is 0 Å². The third-order valence-electron chi connectivity index (χ3n) is 4.34. The molecule has 1 aromatic rings. The second kappa shape index (κ2) is 6.94. The van der Waals surface area contributed by atoms with Gasteiger partial charge in [-0.1, -0.05) is 36.8 Å². The van der Waals surface area contributed by atoms with Gasteiger partial charge in [0.15, 0.2) is 0 Å². The van der Waals surface area contributed by atoms with E-state index in [0.29, 0.717) is 13.1 Å². The lowest BCUT2D eigenvalue weighted by molar-refractivity contribution is 0.119. The molecule has 0 heterocycles. The molecule has 2 amide bonds. The molecule has 1 atom stereocenters. The summed E-state index contributed by atoms with van der Waals surface area (Å²) in [6.07, 6.45) is 4.10. The standard InChI is InChI=1S/C17H26N2O2/c1-14(20)12-19(2)16(21)18-13-17(9-6-10-17)11-15-7-4-3-5-8-15/h3-5,7-8,14,20H,6,9-13H2,1-2H3,(H,18,21). The lowest BCUT2D eigenvalue weighted by atomic mass is 9.65. The van der Waals surface area contributed by atoms with E-state index >= 15 is 0 Å². The summed E-state index contributed by atoms with van der Waals surface area (Å²) >= 11 is 0. The summed E-state index contributed by atoms with van der Waals surface area (Å²) in [5.74, 6) is 0. The van der Waals surface area contributed by atoms with Crippen molar-refractivity contribution in [1.82, 2.24) is 10.2 Å². The summed E-state index contributed by atoms with van der Waals surface area (Å²) in [4.78, 5) is 13.6. The maximum Gasteiger partial charge on any atom is 0.317 e. The van der Waals surface area contributed by atoms with Gasteiger partial charge in [0.05, 0.1) is 6.10 Å². The first kappa shape index (κ1) is 15.8. The highest BCUT2D eigenvalue weighted by Crippen LogP contribution is 2.43. The summed E-state index contributed by atoms with van der Waals surface area (Å²) in [7, 11) is 1.71. The average molecular weight is 290 g/mol. The van der Waals surface area contributed by atoms with E-state index in [1.54, 1.807) is 18.9 Å². The topological polar surface area (TPSA) is 52.6 Å². The highest BCUT2D eigenvalue weighted by atomic mass is 16.3. The predicted molar refractivity (Wildman–Crippen MR) is 84.1 cm³/mol. The molecule has 4 heteroatoms. The van der Waals surface area contributed by atoms with Crippen LogP contribution in [0.3, 0.4) is 0 Å². The minimum atomic E-state index is -0.497. The van der Waals surface area contributed by atoms with Crippen LogP contribution in [-0.4, -0.2) is 42.3 Å². The number of likely N-dealkylation sites (N-methyl/N-ethyl adjacent to an activating group) is 1. The van der Waals surface area contributed by atoms with Crippen molar-refractivity contribution in [1.29, 1.82) is 0 Å². The maximum atomic E-state index is 12.0. The molecule has 0 aliphatic heterocycles. The first-order valence-corrected chi connectivity index (χ1v) is 7.72. The molecule has 2 N–H and O–H groups in total. The SMILES string of the molecule is CC(O)CN(C)C(=O)NCC1(Cc2ccccc2)CCC1. The Bertz CT molecular complexity index is 455. The summed E-state index contributed by atoms with van der Waals surface area (Å²) in [6.45, 7) is 2.76. The number of hydrogen-bond donors (Lipinski definition) is 2. The smallest absolute Gasteiger partial charge is 0.317 e. The fraction of sp³-hybridized carbons (Fsp3) is 0.588. The molecule has 2 rings (SSSR count). The maximum absolute atomic E-state index is 12.0. The number of carbonyl (C=O) groups excluding carboxylic acids is 1. The molecule has 116 valence electrons. The number of amides is 2. The van der Waals surface area contributed by atoms with Gasteiger partial charge in [0.1, 0.15) is 0 Å². The van der Waals surface area contributed by atoms with E-state index in [1.165, 1.54) is 24.8 Å². The van der Waals surface area contributed by atoms with Crippen LogP contribution in [0.4, 0.5) is 4.79 Å². The van der Waals surface area contributed by atoms with Crippen molar-refractivity contribution in [3.8, 4) is 0 Å². The molecule has 0 radical (unpaired) electrons. The lowest BCUT2D eigenvalue weighted by Crippen LogP contribution is -2.48. The first-order valence-electron chi connectivity index (χ1n) is 7.72. The van der Waals surface area contributed by atoms with Crippen LogP contribution in [0.2, 0.25) is 0 Å². The highest BCUT2D eigenvalue weighted by molar-refractivity contribution is 5.73.